The standard InChI is InChI=1S/C18H24N2O8/c21-15(22)10-20(11-16(23)24)14(17(25)26)8-4-5-9-19-18(27)28-12-13-6-2-1-3-7-13/h1-3,6-7,14H,4-5,8-12H2,(H,19,27)(H,21,22)(H,23,24)(H,25,26)/p-2/t14-/m1/s1. The van der Waals surface area contributed by atoms with Gasteiger partial charge in [0.2, 0.25) is 0 Å². The Labute approximate surface area is 161 Å². The molecule has 0 radical (unpaired) electrons. The van der Waals surface area contributed by atoms with Crippen molar-refractivity contribution in [3.8, 4) is 0 Å². The molecule has 1 atom stereocenters. The summed E-state index contributed by atoms with van der Waals surface area (Å²) in [6, 6.07) is 7.74. The summed E-state index contributed by atoms with van der Waals surface area (Å²) in [6.07, 6.45) is 0.0235. The number of carboxylic acid groups (broad SMARTS) is 3. The Morgan fingerprint density at radius 2 is 1.57 bits per heavy atom. The van der Waals surface area contributed by atoms with Gasteiger partial charge in [-0.05, 0) is 18.4 Å². The van der Waals surface area contributed by atoms with Crippen LogP contribution in [0, 0.1) is 0 Å². The number of hydrogen-bond acceptors (Lipinski definition) is 8. The van der Waals surface area contributed by atoms with Crippen LogP contribution < -0.4 is 25.5 Å². The summed E-state index contributed by atoms with van der Waals surface area (Å²) in [5.41, 5.74) is 0.832. The summed E-state index contributed by atoms with van der Waals surface area (Å²) in [7, 11) is 0. The van der Waals surface area contributed by atoms with E-state index in [-0.39, 0.29) is 24.5 Å². The van der Waals surface area contributed by atoms with Crippen LogP contribution in [0.5, 0.6) is 0 Å². The van der Waals surface area contributed by atoms with Crippen LogP contribution in [0.15, 0.2) is 30.3 Å². The molecule has 0 fully saturated rings. The Kier molecular flexibility index (Phi) is 10.0. The molecule has 0 saturated carbocycles. The van der Waals surface area contributed by atoms with Gasteiger partial charge in [0.1, 0.15) is 25.7 Å². The molecule has 10 nitrogen and oxygen atoms in total. The maximum Gasteiger partial charge on any atom is 0.407 e. The molecule has 0 aromatic heterocycles. The number of amides is 1. The van der Waals surface area contributed by atoms with Gasteiger partial charge < -0.3 is 44.7 Å². The molecule has 1 aromatic carbocycles. The van der Waals surface area contributed by atoms with Crippen molar-refractivity contribution in [3.05, 3.63) is 35.9 Å². The molecule has 0 aliphatic rings. The van der Waals surface area contributed by atoms with E-state index in [2.05, 4.69) is 5.32 Å². The lowest BCUT2D eigenvalue weighted by atomic mass is 10.1. The fourth-order valence-electron chi connectivity index (χ4n) is 2.61. The van der Waals surface area contributed by atoms with Crippen LogP contribution in [0.2, 0.25) is 0 Å². The normalized spacial score (nSPS) is 11.6. The number of carbonyl (C=O) groups is 4. The Morgan fingerprint density at radius 3 is 2.11 bits per heavy atom. The molecule has 28 heavy (non-hydrogen) atoms. The van der Waals surface area contributed by atoms with Gasteiger partial charge in [-0.2, -0.15) is 0 Å². The number of nitrogens with one attached hydrogen (secondary N) is 2. The van der Waals surface area contributed by atoms with E-state index < -0.39 is 43.1 Å². The average Bonchev–Trinajstić information content (AvgIpc) is 2.62. The zero-order valence-corrected chi connectivity index (χ0v) is 15.2. The summed E-state index contributed by atoms with van der Waals surface area (Å²) in [5, 5.41) is 35.2. The predicted molar refractivity (Wildman–Crippen MR) is 88.0 cm³/mol. The second-order valence-electron chi connectivity index (χ2n) is 6.11. The molecule has 0 aliphatic heterocycles. The molecule has 1 amide bonds. The molecule has 154 valence electrons. The third-order valence-corrected chi connectivity index (χ3v) is 3.92. The van der Waals surface area contributed by atoms with Gasteiger partial charge in [-0.1, -0.05) is 30.3 Å². The number of hydrogen-bond donors (Lipinski definition) is 2. The summed E-state index contributed by atoms with van der Waals surface area (Å²) < 4.78 is 5.02. The van der Waals surface area contributed by atoms with E-state index >= 15 is 0 Å². The highest BCUT2D eigenvalue weighted by molar-refractivity contribution is 5.72. The fraction of sp³-hybridized carbons (Fsp3) is 0.444. The van der Waals surface area contributed by atoms with Crippen LogP contribution in [-0.4, -0.2) is 49.7 Å². The first kappa shape index (κ1) is 22.9. The number of unbranched alkanes of at least 4 members (excludes halogenated alkanes) is 1. The van der Waals surface area contributed by atoms with Crippen molar-refractivity contribution < 1.29 is 44.1 Å². The second kappa shape index (κ2) is 12.3. The number of rotatable bonds is 13. The number of aliphatic carboxylic acids is 3. The number of benzene rings is 1. The van der Waals surface area contributed by atoms with Crippen molar-refractivity contribution in [1.29, 1.82) is 0 Å². The Balaban J connectivity index is 2.35. The Morgan fingerprint density at radius 1 is 0.964 bits per heavy atom. The van der Waals surface area contributed by atoms with Crippen molar-refractivity contribution in [3.63, 3.8) is 0 Å². The molecule has 1 rings (SSSR count). The van der Waals surface area contributed by atoms with E-state index in [9.17, 15) is 34.5 Å². The summed E-state index contributed by atoms with van der Waals surface area (Å²) in [4.78, 5) is 44.0. The second-order valence-corrected chi connectivity index (χ2v) is 6.11. The number of ether oxygens (including phenoxy) is 1. The summed E-state index contributed by atoms with van der Waals surface area (Å²) in [5.74, 6) is -4.72. The van der Waals surface area contributed by atoms with Gasteiger partial charge in [-0.3, -0.25) is 0 Å². The number of carboxylic acids is 3. The van der Waals surface area contributed by atoms with Crippen molar-refractivity contribution in [1.82, 2.24) is 5.32 Å². The third kappa shape index (κ3) is 9.53. The van der Waals surface area contributed by atoms with Gasteiger partial charge in [0.15, 0.2) is 0 Å². The minimum absolute atomic E-state index is 0.0288. The molecular weight excluding hydrogens is 372 g/mol. The van der Waals surface area contributed by atoms with Gasteiger partial charge in [0.05, 0.1) is 17.9 Å². The first-order chi connectivity index (χ1) is 13.3. The number of quaternary nitrogens is 1. The van der Waals surface area contributed by atoms with Gasteiger partial charge in [0.25, 0.3) is 0 Å². The maximum absolute atomic E-state index is 11.6. The quantitative estimate of drug-likeness (QED) is 0.317. The number of alkyl carbamates (subject to hydrolysis) is 1. The third-order valence-electron chi connectivity index (χ3n) is 3.92. The molecule has 0 heterocycles. The fourth-order valence-corrected chi connectivity index (χ4v) is 2.61. The van der Waals surface area contributed by atoms with E-state index in [1.54, 1.807) is 12.1 Å². The van der Waals surface area contributed by atoms with E-state index in [0.29, 0.717) is 12.8 Å². The van der Waals surface area contributed by atoms with E-state index in [1.807, 2.05) is 18.2 Å². The molecule has 0 bridgehead atoms. The van der Waals surface area contributed by atoms with Crippen molar-refractivity contribution >= 4 is 24.0 Å². The van der Waals surface area contributed by atoms with Crippen molar-refractivity contribution in [2.75, 3.05) is 19.6 Å². The average molecular weight is 394 g/mol. The van der Waals surface area contributed by atoms with Crippen molar-refractivity contribution in [2.45, 2.75) is 31.9 Å². The molecule has 0 unspecified atom stereocenters. The molecule has 0 aliphatic carbocycles. The molecule has 10 heteroatoms. The van der Waals surface area contributed by atoms with Crippen LogP contribution in [0.1, 0.15) is 24.8 Å². The largest absolute Gasteiger partial charge is 0.544 e. The van der Waals surface area contributed by atoms with Crippen LogP contribution in [0.25, 0.3) is 0 Å². The lowest BCUT2D eigenvalue weighted by Gasteiger charge is -2.30. The minimum Gasteiger partial charge on any atom is -0.544 e. The smallest absolute Gasteiger partial charge is 0.407 e. The SMILES string of the molecule is O=C([O-])C[NH+](CC(=O)[O-])[C@H](CCCCNC(=O)OCc1ccccc1)C(=O)[O-]. The zero-order chi connectivity index (χ0) is 20.9. The minimum atomic E-state index is -1.58. The lowest BCUT2D eigenvalue weighted by Crippen LogP contribution is -3.19. The molecule has 0 saturated heterocycles. The van der Waals surface area contributed by atoms with Crippen LogP contribution >= 0.6 is 0 Å². The Bertz CT molecular complexity index is 649. The lowest BCUT2D eigenvalue weighted by molar-refractivity contribution is -0.908. The first-order valence-corrected chi connectivity index (χ1v) is 8.69. The van der Waals surface area contributed by atoms with E-state index in [0.717, 1.165) is 5.56 Å². The topological polar surface area (TPSA) is 163 Å². The van der Waals surface area contributed by atoms with Gasteiger partial charge in [-0.25, -0.2) is 4.79 Å². The van der Waals surface area contributed by atoms with E-state index in [1.165, 1.54) is 0 Å². The zero-order valence-electron chi connectivity index (χ0n) is 15.2. The molecule has 1 aromatic rings. The van der Waals surface area contributed by atoms with Crippen LogP contribution in [0.3, 0.4) is 0 Å². The van der Waals surface area contributed by atoms with Crippen LogP contribution in [-0.2, 0) is 25.7 Å². The first-order valence-electron chi connectivity index (χ1n) is 8.69. The maximum atomic E-state index is 11.6. The van der Waals surface area contributed by atoms with E-state index in [4.69, 9.17) is 4.74 Å². The Hall–Kier alpha value is -3.14. The molecule has 0 spiro atoms. The highest BCUT2D eigenvalue weighted by Gasteiger charge is 2.23. The monoisotopic (exact) mass is 394 g/mol. The molecular formula is C18H22N2O8-2. The number of carbonyl (C=O) groups excluding carboxylic acids is 4. The highest BCUT2D eigenvalue weighted by Crippen LogP contribution is 2.01. The predicted octanol–water partition coefficient (Wildman–Crippen LogP) is -4.41. The highest BCUT2D eigenvalue weighted by atomic mass is 16.5. The van der Waals surface area contributed by atoms with Gasteiger partial charge >= 0.3 is 6.09 Å². The van der Waals surface area contributed by atoms with Gasteiger partial charge in [0, 0.05) is 13.0 Å². The summed E-state index contributed by atoms with van der Waals surface area (Å²) >= 11 is 0. The van der Waals surface area contributed by atoms with Gasteiger partial charge in [-0.15, -0.1) is 0 Å². The van der Waals surface area contributed by atoms with Crippen LogP contribution in [0.4, 0.5) is 4.79 Å². The molecule has 2 N–H and O–H groups in total. The van der Waals surface area contributed by atoms with Crippen molar-refractivity contribution in [2.24, 2.45) is 0 Å². The summed E-state index contributed by atoms with van der Waals surface area (Å²) in [6.45, 7) is -1.26.